The zero-order valence-corrected chi connectivity index (χ0v) is 71.1. The van der Waals surface area contributed by atoms with Crippen molar-refractivity contribution in [1.82, 2.24) is 34.3 Å². The fourth-order valence-corrected chi connectivity index (χ4v) is 13.4. The largest absolute Gasteiger partial charge is 0.569 e. The molecule has 1 atom stereocenters. The molecule has 4 heterocycles. The van der Waals surface area contributed by atoms with Crippen molar-refractivity contribution < 1.29 is 52.9 Å². The van der Waals surface area contributed by atoms with Gasteiger partial charge in [0.2, 0.25) is 30.8 Å². The normalized spacial score (nSPS) is 11.9. The highest BCUT2D eigenvalue weighted by Gasteiger charge is 2.41. The standard InChI is InChI=1S/C25H19N3O4.C23H29N3OSi.C18H30O3Si.C12H20BO3Si.C4H3Br2N3/c29-18-7-1-15(2-8-18)13-21-25(32)28-14-22(16-3-9-19(30)10-4-16)26-23(24(28)27-21)17-5-11-20(31)12-6-17;1-16-7-9-17(10-8-16)20-15-25-22(24)21(26-20)18-11-13-19(14-12-18)27-28(5,6)23(2,3)4;1-8-20-14(2)17(19)13-15-9-11-16(12-10-15)21-22(6,7)18(3,4)5;1-12(2,3)17(4,5)16-11-8-6-10(7-9-11)15-13-14;5-2-1-8-4(7)3(6)9-2/h1-12,14,29-32H,13H2;7-15H,1-6H3,(H2,24,25);9-12,14H,8,13H2,1-7H3;6-9,14H,1-5H3;1H,(H2,7,8). The molecule has 569 valence electrons. The molecule has 7 aromatic carbocycles. The minimum absolute atomic E-state index is 0.00414. The summed E-state index contributed by atoms with van der Waals surface area (Å²) < 4.78 is 31.7. The number of Topliss-reactive ketones (excluding diaryl/α,β-unsaturated/α-hetero) is 1. The number of nitrogens with zero attached hydrogens (tertiary/aromatic N) is 7. The molecule has 0 saturated heterocycles. The second-order valence-corrected chi connectivity index (χ2v) is 46.1. The summed E-state index contributed by atoms with van der Waals surface area (Å²) in [5.41, 5.74) is 21.6. The highest BCUT2D eigenvalue weighted by atomic mass is 79.9. The van der Waals surface area contributed by atoms with Crippen molar-refractivity contribution in [3.63, 3.8) is 0 Å². The summed E-state index contributed by atoms with van der Waals surface area (Å²) in [7, 11) is -4.78. The fourth-order valence-electron chi connectivity index (χ4n) is 9.46. The van der Waals surface area contributed by atoms with E-state index in [1.54, 1.807) is 115 Å². The molecular weight excluding hydrogens is 1540 g/mol. The molecule has 0 aliphatic heterocycles. The molecule has 11 aromatic rings. The van der Waals surface area contributed by atoms with Gasteiger partial charge in [-0.3, -0.25) is 9.20 Å². The number of aromatic nitrogens is 7. The third-order valence-corrected chi connectivity index (χ3v) is 33.0. The van der Waals surface area contributed by atoms with E-state index < -0.39 is 25.0 Å². The topological polar surface area (TPSA) is 298 Å². The van der Waals surface area contributed by atoms with Crippen LogP contribution in [-0.4, -0.2) is 111 Å². The van der Waals surface area contributed by atoms with Crippen LogP contribution in [0.2, 0.25) is 54.4 Å². The number of nitrogens with two attached hydrogens (primary N) is 2. The smallest absolute Gasteiger partial charge is 0.544 e. The van der Waals surface area contributed by atoms with Crippen LogP contribution in [0.1, 0.15) is 98.5 Å². The van der Waals surface area contributed by atoms with Gasteiger partial charge in [-0.05, 0) is 239 Å². The molecular formula is C82H101BBr2N9O11Si3. The molecule has 0 amide bonds. The Hall–Kier alpha value is -9.41. The maximum Gasteiger partial charge on any atom is 0.569 e. The predicted molar refractivity (Wildman–Crippen MR) is 448 cm³/mol. The van der Waals surface area contributed by atoms with Crippen molar-refractivity contribution in [2.75, 3.05) is 18.1 Å². The molecule has 0 spiro atoms. The minimum atomic E-state index is -1.86. The maximum absolute atomic E-state index is 12.0. The van der Waals surface area contributed by atoms with Gasteiger partial charge in [0, 0.05) is 47.9 Å². The molecule has 0 bridgehead atoms. The lowest BCUT2D eigenvalue weighted by molar-refractivity contribution is -0.128. The van der Waals surface area contributed by atoms with Crippen LogP contribution in [-0.2, 0) is 22.4 Å². The van der Waals surface area contributed by atoms with Crippen molar-refractivity contribution in [3.05, 3.63) is 220 Å². The van der Waals surface area contributed by atoms with Crippen molar-refractivity contribution in [2.45, 2.75) is 156 Å². The summed E-state index contributed by atoms with van der Waals surface area (Å²) in [6, 6.07) is 51.4. The van der Waals surface area contributed by atoms with E-state index in [0.29, 0.717) is 82.1 Å². The number of rotatable bonds is 19. The van der Waals surface area contributed by atoms with Crippen molar-refractivity contribution in [2.24, 2.45) is 0 Å². The van der Waals surface area contributed by atoms with Gasteiger partial charge >= 0.3 is 7.69 Å². The van der Waals surface area contributed by atoms with Crippen LogP contribution in [0.25, 0.3) is 50.7 Å². The van der Waals surface area contributed by atoms with Crippen molar-refractivity contribution >= 4 is 87.6 Å². The first-order valence-electron chi connectivity index (χ1n) is 35.3. The second-order valence-electron chi connectivity index (χ2n) is 30.4. The van der Waals surface area contributed by atoms with Gasteiger partial charge in [0.25, 0.3) is 0 Å². The molecule has 0 aliphatic rings. The molecule has 0 aliphatic carbocycles. The first kappa shape index (κ1) is 85.8. The number of carbonyl (C=O) groups excluding carboxylic acids is 1. The number of hydrogen-bond donors (Lipinski definition) is 7. The van der Waals surface area contributed by atoms with Crippen LogP contribution >= 0.6 is 31.9 Å². The van der Waals surface area contributed by atoms with Gasteiger partial charge in [0.1, 0.15) is 78.5 Å². The van der Waals surface area contributed by atoms with E-state index in [1.807, 2.05) is 67.6 Å². The Morgan fingerprint density at radius 3 is 1.38 bits per heavy atom. The number of nitrogen functional groups attached to an aromatic ring is 2. The summed E-state index contributed by atoms with van der Waals surface area (Å²) in [4.78, 5) is 38.3. The highest BCUT2D eigenvalue weighted by Crippen LogP contribution is 2.41. The Bertz CT molecular complexity index is 4740. The number of ether oxygens (including phenoxy) is 1. The van der Waals surface area contributed by atoms with E-state index in [2.05, 4.69) is 185 Å². The number of hydrogen-bond acceptors (Lipinski definition) is 19. The Kier molecular flexibility index (Phi) is 29.5. The third kappa shape index (κ3) is 24.3. The Morgan fingerprint density at radius 1 is 0.519 bits per heavy atom. The van der Waals surface area contributed by atoms with Gasteiger partial charge in [-0.15, -0.1) is 0 Å². The highest BCUT2D eigenvalue weighted by molar-refractivity contribution is 9.11. The Morgan fingerprint density at radius 2 is 0.917 bits per heavy atom. The number of fused-ring (bicyclic) bond motifs is 1. The van der Waals surface area contributed by atoms with Gasteiger partial charge in [-0.1, -0.05) is 116 Å². The third-order valence-electron chi connectivity index (χ3n) is 19.0. The van der Waals surface area contributed by atoms with E-state index >= 15 is 0 Å². The van der Waals surface area contributed by atoms with E-state index in [1.165, 1.54) is 5.56 Å². The number of aryl methyl sites for hydroxylation is 1. The average Bonchev–Trinajstić information content (AvgIpc) is 1.59. The van der Waals surface area contributed by atoms with Crippen LogP contribution in [0.4, 0.5) is 11.6 Å². The average molecular weight is 1640 g/mol. The number of halogens is 2. The number of aromatic hydroxyl groups is 4. The number of ketones is 1. The number of anilines is 2. The van der Waals surface area contributed by atoms with Gasteiger partial charge in [0.05, 0.1) is 23.8 Å². The van der Waals surface area contributed by atoms with Crippen LogP contribution in [0.3, 0.4) is 0 Å². The van der Waals surface area contributed by atoms with E-state index in [0.717, 1.165) is 56.3 Å². The van der Waals surface area contributed by atoms with Gasteiger partial charge < -0.3 is 59.6 Å². The van der Waals surface area contributed by atoms with Crippen LogP contribution in [0, 0.1) is 6.92 Å². The van der Waals surface area contributed by atoms with Crippen LogP contribution in [0.5, 0.6) is 46.1 Å². The number of benzene rings is 7. The Balaban J connectivity index is 0.000000197. The van der Waals surface area contributed by atoms with Gasteiger partial charge in [-0.25, -0.2) is 29.9 Å². The number of carbonyl (C=O) groups is 1. The first-order chi connectivity index (χ1) is 50.6. The molecule has 0 fully saturated rings. The lowest BCUT2D eigenvalue weighted by atomic mass is 10.1. The lowest BCUT2D eigenvalue weighted by Crippen LogP contribution is -2.43. The zero-order chi connectivity index (χ0) is 79.7. The van der Waals surface area contributed by atoms with Crippen LogP contribution in [0.15, 0.2) is 198 Å². The number of phenolic OH excluding ortho intramolecular Hbond substituents is 3. The fraction of sp³-hybridized carbons (Fsp3) is 0.305. The molecule has 26 heteroatoms. The molecule has 4 aromatic heterocycles. The van der Waals surface area contributed by atoms with Gasteiger partial charge in [-0.2, -0.15) is 0 Å². The summed E-state index contributed by atoms with van der Waals surface area (Å²) in [6.07, 6.45) is 5.40. The van der Waals surface area contributed by atoms with E-state index in [4.69, 9.17) is 49.1 Å². The van der Waals surface area contributed by atoms with E-state index in [-0.39, 0.29) is 50.1 Å². The maximum atomic E-state index is 12.0. The Labute approximate surface area is 656 Å². The SMILES string of the molecule is CC(C)(C)[Si](C)(C)Oc1ccc(O[B]O)cc1.CCOC(C)C(=O)Cc1ccc(O[Si](C)(C)C(C)(C)C)cc1.Cc1ccc(-c2cnc(N)c(-c3ccc(O[Si](C)(C)C(C)(C)C)cc3)n2)cc1.Nc1ncc(Br)nc1Br.Oc1ccc(Cc2nc3c(-c4ccc(O)cc4)nc(-c4ccc(O)cc4)cn3c2O)cc1. The quantitative estimate of drug-likeness (QED) is 0.0370. The van der Waals surface area contributed by atoms with Crippen molar-refractivity contribution in [1.29, 1.82) is 0 Å². The summed E-state index contributed by atoms with van der Waals surface area (Å²) >= 11 is 6.25. The second kappa shape index (κ2) is 37.1. The molecule has 1 unspecified atom stereocenters. The molecule has 11 rings (SSSR count). The molecule has 9 N–H and O–H groups in total. The summed E-state index contributed by atoms with van der Waals surface area (Å²) in [5, 5.41) is 48.8. The first-order valence-corrected chi connectivity index (χ1v) is 45.6. The molecule has 0 saturated carbocycles. The monoisotopic (exact) mass is 1640 g/mol. The minimum Gasteiger partial charge on any atom is -0.544 e. The molecule has 108 heavy (non-hydrogen) atoms. The van der Waals surface area contributed by atoms with Gasteiger partial charge in [0.15, 0.2) is 17.2 Å². The van der Waals surface area contributed by atoms with Crippen LogP contribution < -0.4 is 29.4 Å². The number of imidazole rings is 1. The number of phenols is 3. The zero-order valence-electron chi connectivity index (χ0n) is 64.9. The molecule has 1 radical (unpaired) electrons. The predicted octanol–water partition coefficient (Wildman–Crippen LogP) is 19.7. The molecule has 20 nitrogen and oxygen atoms in total. The van der Waals surface area contributed by atoms with E-state index in [9.17, 15) is 25.2 Å². The summed E-state index contributed by atoms with van der Waals surface area (Å²) in [5.74, 6) is 4.61. The van der Waals surface area contributed by atoms with Crippen molar-refractivity contribution in [3.8, 4) is 91.2 Å². The summed E-state index contributed by atoms with van der Waals surface area (Å²) in [6.45, 7) is 39.7. The lowest BCUT2D eigenvalue weighted by Gasteiger charge is -2.36.